The average molecular weight is 452 g/mol. The number of urea groups is 1. The Morgan fingerprint density at radius 3 is 2.44 bits per heavy atom. The van der Waals surface area contributed by atoms with Gasteiger partial charge in [0, 0.05) is 41.8 Å². The van der Waals surface area contributed by atoms with Crippen molar-refractivity contribution in [1.29, 1.82) is 0 Å². The first kappa shape index (κ1) is 22.8. The molecule has 2 aromatic carbocycles. The number of carbonyl (C=O) groups is 3. The standard InChI is InChI=1S/C23H22ClN5O3/c1-14-3-4-16(22(31)27-18-7-5-17(24)6-8-18)12-19(14)28-23(32)29(2)13-15-9-10-26-20(11-15)21(25)30/h3-12H,13H2,1-2H3,(H2,25,30)(H,27,31)(H,28,32). The summed E-state index contributed by atoms with van der Waals surface area (Å²) in [6, 6.07) is 14.7. The second-order valence-corrected chi connectivity index (χ2v) is 7.63. The lowest BCUT2D eigenvalue weighted by Crippen LogP contribution is -2.31. The molecule has 0 bridgehead atoms. The Bertz CT molecular complexity index is 1160. The smallest absolute Gasteiger partial charge is 0.321 e. The van der Waals surface area contributed by atoms with Crippen LogP contribution in [0.15, 0.2) is 60.8 Å². The van der Waals surface area contributed by atoms with Crippen molar-refractivity contribution in [1.82, 2.24) is 9.88 Å². The molecule has 0 atom stereocenters. The molecule has 0 unspecified atom stereocenters. The van der Waals surface area contributed by atoms with Crippen LogP contribution in [0.5, 0.6) is 0 Å². The van der Waals surface area contributed by atoms with Crippen LogP contribution in [-0.2, 0) is 6.54 Å². The third-order valence-corrected chi connectivity index (χ3v) is 4.94. The van der Waals surface area contributed by atoms with E-state index < -0.39 is 5.91 Å². The maximum absolute atomic E-state index is 12.7. The van der Waals surface area contributed by atoms with Gasteiger partial charge in [0.1, 0.15) is 5.69 Å². The largest absolute Gasteiger partial charge is 0.364 e. The number of rotatable bonds is 6. The van der Waals surface area contributed by atoms with Gasteiger partial charge in [-0.25, -0.2) is 4.79 Å². The van der Waals surface area contributed by atoms with E-state index in [9.17, 15) is 14.4 Å². The number of benzene rings is 2. The molecule has 0 saturated carbocycles. The van der Waals surface area contributed by atoms with E-state index in [0.29, 0.717) is 27.5 Å². The molecule has 0 aliphatic rings. The summed E-state index contributed by atoms with van der Waals surface area (Å²) in [7, 11) is 1.62. The zero-order valence-electron chi connectivity index (χ0n) is 17.6. The van der Waals surface area contributed by atoms with Gasteiger partial charge in [0.2, 0.25) is 0 Å². The van der Waals surface area contributed by atoms with Crippen LogP contribution >= 0.6 is 11.6 Å². The maximum Gasteiger partial charge on any atom is 0.321 e. The first-order valence-corrected chi connectivity index (χ1v) is 10.0. The van der Waals surface area contributed by atoms with E-state index >= 15 is 0 Å². The summed E-state index contributed by atoms with van der Waals surface area (Å²) < 4.78 is 0. The molecule has 0 spiro atoms. The molecule has 4 amide bonds. The first-order valence-electron chi connectivity index (χ1n) is 9.67. The summed E-state index contributed by atoms with van der Waals surface area (Å²) in [6.45, 7) is 2.07. The van der Waals surface area contributed by atoms with Crippen molar-refractivity contribution in [3.8, 4) is 0 Å². The van der Waals surface area contributed by atoms with Gasteiger partial charge in [0.05, 0.1) is 0 Å². The molecular formula is C23H22ClN5O3. The lowest BCUT2D eigenvalue weighted by molar-refractivity contribution is 0.0993. The second kappa shape index (κ2) is 9.93. The Morgan fingerprint density at radius 1 is 1.03 bits per heavy atom. The number of nitrogens with zero attached hydrogens (tertiary/aromatic N) is 2. The Labute approximate surface area is 190 Å². The minimum Gasteiger partial charge on any atom is -0.364 e. The zero-order chi connectivity index (χ0) is 23.3. The topological polar surface area (TPSA) is 117 Å². The Hall–Kier alpha value is -3.91. The van der Waals surface area contributed by atoms with Gasteiger partial charge < -0.3 is 21.3 Å². The molecule has 8 nitrogen and oxygen atoms in total. The number of primary amides is 1. The number of nitrogens with two attached hydrogens (primary N) is 1. The van der Waals surface area contributed by atoms with E-state index in [0.717, 1.165) is 5.56 Å². The third kappa shape index (κ3) is 5.83. The highest BCUT2D eigenvalue weighted by Gasteiger charge is 2.14. The summed E-state index contributed by atoms with van der Waals surface area (Å²) in [5.74, 6) is -0.949. The lowest BCUT2D eigenvalue weighted by atomic mass is 10.1. The summed E-state index contributed by atoms with van der Waals surface area (Å²) in [5.41, 5.74) is 8.41. The number of carbonyl (C=O) groups excluding carboxylic acids is 3. The Morgan fingerprint density at radius 2 is 1.75 bits per heavy atom. The van der Waals surface area contributed by atoms with Crippen LogP contribution in [0.1, 0.15) is 32.0 Å². The number of pyridine rings is 1. The molecule has 32 heavy (non-hydrogen) atoms. The van der Waals surface area contributed by atoms with Gasteiger partial charge in [-0.3, -0.25) is 14.6 Å². The van der Waals surface area contributed by atoms with E-state index in [4.69, 9.17) is 17.3 Å². The van der Waals surface area contributed by atoms with Crippen molar-refractivity contribution in [2.24, 2.45) is 5.73 Å². The fourth-order valence-corrected chi connectivity index (χ4v) is 3.02. The van der Waals surface area contributed by atoms with Gasteiger partial charge in [0.15, 0.2) is 0 Å². The monoisotopic (exact) mass is 451 g/mol. The lowest BCUT2D eigenvalue weighted by Gasteiger charge is -2.19. The fraction of sp³-hybridized carbons (Fsp3) is 0.130. The molecule has 9 heteroatoms. The van der Waals surface area contributed by atoms with Gasteiger partial charge in [-0.05, 0) is 66.6 Å². The van der Waals surface area contributed by atoms with E-state index in [1.165, 1.54) is 11.1 Å². The normalized spacial score (nSPS) is 10.3. The molecule has 0 saturated heterocycles. The highest BCUT2D eigenvalue weighted by molar-refractivity contribution is 6.30. The minimum absolute atomic E-state index is 0.131. The van der Waals surface area contributed by atoms with Crippen LogP contribution in [0, 0.1) is 6.92 Å². The quantitative estimate of drug-likeness (QED) is 0.523. The number of halogens is 1. The molecule has 4 N–H and O–H groups in total. The Balaban J connectivity index is 1.69. The number of nitrogens with one attached hydrogen (secondary N) is 2. The van der Waals surface area contributed by atoms with Gasteiger partial charge in [-0.2, -0.15) is 0 Å². The molecule has 0 aliphatic carbocycles. The maximum atomic E-state index is 12.7. The van der Waals surface area contributed by atoms with Crippen LogP contribution in [0.3, 0.4) is 0 Å². The predicted molar refractivity (Wildman–Crippen MR) is 124 cm³/mol. The molecule has 1 heterocycles. The highest BCUT2D eigenvalue weighted by Crippen LogP contribution is 2.20. The van der Waals surface area contributed by atoms with Crippen LogP contribution in [0.4, 0.5) is 16.2 Å². The van der Waals surface area contributed by atoms with Gasteiger partial charge in [-0.15, -0.1) is 0 Å². The van der Waals surface area contributed by atoms with Crippen molar-refractivity contribution >= 4 is 40.8 Å². The SMILES string of the molecule is Cc1ccc(C(=O)Nc2ccc(Cl)cc2)cc1NC(=O)N(C)Cc1ccnc(C(N)=O)c1. The van der Waals surface area contributed by atoms with Crippen molar-refractivity contribution in [2.75, 3.05) is 17.7 Å². The Kier molecular flexibility index (Phi) is 7.07. The summed E-state index contributed by atoms with van der Waals surface area (Å²) >= 11 is 5.87. The molecule has 0 fully saturated rings. The number of anilines is 2. The first-order chi connectivity index (χ1) is 15.2. The van der Waals surface area contributed by atoms with Crippen molar-refractivity contribution in [3.05, 3.63) is 88.2 Å². The van der Waals surface area contributed by atoms with Crippen molar-refractivity contribution < 1.29 is 14.4 Å². The third-order valence-electron chi connectivity index (χ3n) is 4.69. The van der Waals surface area contributed by atoms with E-state index in [1.54, 1.807) is 61.6 Å². The molecule has 3 rings (SSSR count). The molecular weight excluding hydrogens is 430 g/mol. The number of amides is 4. The average Bonchev–Trinajstić information content (AvgIpc) is 2.76. The fourth-order valence-electron chi connectivity index (χ4n) is 2.90. The zero-order valence-corrected chi connectivity index (χ0v) is 18.3. The van der Waals surface area contributed by atoms with Crippen LogP contribution in [-0.4, -0.2) is 34.8 Å². The van der Waals surface area contributed by atoms with Crippen LogP contribution in [0.25, 0.3) is 0 Å². The number of hydrogen-bond acceptors (Lipinski definition) is 4. The predicted octanol–water partition coefficient (Wildman–Crippen LogP) is 4.06. The van der Waals surface area contributed by atoms with Gasteiger partial charge in [-0.1, -0.05) is 17.7 Å². The summed E-state index contributed by atoms with van der Waals surface area (Å²) in [5, 5.41) is 6.18. The van der Waals surface area contributed by atoms with E-state index in [2.05, 4.69) is 15.6 Å². The van der Waals surface area contributed by atoms with Crippen LogP contribution in [0.2, 0.25) is 5.02 Å². The second-order valence-electron chi connectivity index (χ2n) is 7.19. The molecule has 3 aromatic rings. The van der Waals surface area contributed by atoms with Crippen molar-refractivity contribution in [2.45, 2.75) is 13.5 Å². The summed E-state index contributed by atoms with van der Waals surface area (Å²) in [4.78, 5) is 41.9. The van der Waals surface area contributed by atoms with E-state index in [1.807, 2.05) is 6.92 Å². The summed E-state index contributed by atoms with van der Waals surface area (Å²) in [6.07, 6.45) is 1.47. The number of aryl methyl sites for hydroxylation is 1. The van der Waals surface area contributed by atoms with Crippen LogP contribution < -0.4 is 16.4 Å². The van der Waals surface area contributed by atoms with Gasteiger partial charge >= 0.3 is 6.03 Å². The van der Waals surface area contributed by atoms with E-state index in [-0.39, 0.29) is 24.2 Å². The van der Waals surface area contributed by atoms with Gasteiger partial charge in [0.25, 0.3) is 11.8 Å². The molecule has 0 radical (unpaired) electrons. The molecule has 0 aliphatic heterocycles. The number of aromatic nitrogens is 1. The highest BCUT2D eigenvalue weighted by atomic mass is 35.5. The number of hydrogen-bond donors (Lipinski definition) is 3. The molecule has 164 valence electrons. The molecule has 1 aromatic heterocycles. The van der Waals surface area contributed by atoms with Crippen molar-refractivity contribution in [3.63, 3.8) is 0 Å². The minimum atomic E-state index is -0.636.